The summed E-state index contributed by atoms with van der Waals surface area (Å²) in [6.07, 6.45) is 2.70. The molecule has 2 aromatic rings. The molecule has 1 unspecified atom stereocenters. The normalized spacial score (nSPS) is 16.6. The van der Waals surface area contributed by atoms with Crippen LogP contribution in [0.25, 0.3) is 0 Å². The molecule has 1 aliphatic heterocycles. The summed E-state index contributed by atoms with van der Waals surface area (Å²) in [5.41, 5.74) is 1.45. The minimum Gasteiger partial charge on any atom is -0.388 e. The summed E-state index contributed by atoms with van der Waals surface area (Å²) in [5.74, 6) is 0.119. The number of amides is 1. The monoisotopic (exact) mass is 340 g/mol. The zero-order valence-electron chi connectivity index (χ0n) is 14.5. The van der Waals surface area contributed by atoms with E-state index in [2.05, 4.69) is 0 Å². The molecular weight excluding hydrogens is 316 g/mol. The molecule has 0 spiro atoms. The smallest absolute Gasteiger partial charge is 0.253 e. The van der Waals surface area contributed by atoms with Crippen LogP contribution in [-0.4, -0.2) is 33.6 Å². The van der Waals surface area contributed by atoms with Crippen LogP contribution < -0.4 is 5.56 Å². The number of likely N-dealkylation sites (tertiary alicyclic amines) is 1. The van der Waals surface area contributed by atoms with Gasteiger partial charge in [0, 0.05) is 24.8 Å². The van der Waals surface area contributed by atoms with E-state index in [-0.39, 0.29) is 23.9 Å². The van der Waals surface area contributed by atoms with E-state index in [4.69, 9.17) is 0 Å². The van der Waals surface area contributed by atoms with Crippen LogP contribution in [0.15, 0.2) is 53.5 Å². The number of aliphatic hydroxyl groups is 1. The van der Waals surface area contributed by atoms with Gasteiger partial charge in [-0.1, -0.05) is 36.4 Å². The number of hydrogen-bond acceptors (Lipinski definition) is 3. The number of aromatic nitrogens is 1. The molecule has 1 aliphatic rings. The lowest BCUT2D eigenvalue weighted by molar-refractivity contribution is -0.133. The number of carbonyl (C=O) groups is 1. The molecule has 1 fully saturated rings. The molecule has 1 N–H and O–H groups in total. The van der Waals surface area contributed by atoms with Gasteiger partial charge in [0.15, 0.2) is 0 Å². The Morgan fingerprint density at radius 3 is 2.52 bits per heavy atom. The lowest BCUT2D eigenvalue weighted by Crippen LogP contribution is -2.42. The second kappa shape index (κ2) is 7.66. The molecule has 1 aromatic heterocycles. The van der Waals surface area contributed by atoms with Gasteiger partial charge >= 0.3 is 0 Å². The zero-order chi connectivity index (χ0) is 17.8. The molecule has 0 aliphatic carbocycles. The highest BCUT2D eigenvalue weighted by atomic mass is 16.3. The van der Waals surface area contributed by atoms with Crippen molar-refractivity contribution in [2.24, 2.45) is 5.92 Å². The van der Waals surface area contributed by atoms with Crippen LogP contribution in [0, 0.1) is 12.8 Å². The van der Waals surface area contributed by atoms with E-state index >= 15 is 0 Å². The Hall–Kier alpha value is -2.40. The van der Waals surface area contributed by atoms with E-state index in [1.54, 1.807) is 30.2 Å². The van der Waals surface area contributed by atoms with Gasteiger partial charge in [0.2, 0.25) is 5.91 Å². The summed E-state index contributed by atoms with van der Waals surface area (Å²) in [6.45, 7) is 3.06. The fourth-order valence-electron chi connectivity index (χ4n) is 3.41. The Kier molecular flexibility index (Phi) is 5.34. The lowest BCUT2D eigenvalue weighted by atomic mass is 9.87. The predicted octanol–water partition coefficient (Wildman–Crippen LogP) is 2.13. The zero-order valence-corrected chi connectivity index (χ0v) is 14.5. The summed E-state index contributed by atoms with van der Waals surface area (Å²) < 4.78 is 1.46. The highest BCUT2D eigenvalue weighted by molar-refractivity contribution is 5.76. The number of aliphatic hydroxyl groups excluding tert-OH is 1. The van der Waals surface area contributed by atoms with Crippen molar-refractivity contribution in [1.29, 1.82) is 0 Å². The molecule has 5 nitrogen and oxygen atoms in total. The fraction of sp³-hybridized carbons (Fsp3) is 0.400. The number of pyridine rings is 1. The molecule has 1 saturated heterocycles. The fourth-order valence-corrected chi connectivity index (χ4v) is 3.41. The van der Waals surface area contributed by atoms with Crippen molar-refractivity contribution in [2.75, 3.05) is 13.1 Å². The third-order valence-electron chi connectivity index (χ3n) is 5.00. The van der Waals surface area contributed by atoms with Crippen molar-refractivity contribution >= 4 is 5.91 Å². The molecule has 0 bridgehead atoms. The third-order valence-corrected chi connectivity index (χ3v) is 5.00. The van der Waals surface area contributed by atoms with Crippen LogP contribution >= 0.6 is 0 Å². The van der Waals surface area contributed by atoms with Gasteiger partial charge in [-0.25, -0.2) is 0 Å². The molecule has 2 heterocycles. The maximum absolute atomic E-state index is 12.5. The summed E-state index contributed by atoms with van der Waals surface area (Å²) >= 11 is 0. The standard InChI is InChI=1S/C20H24N2O3/c1-15-6-5-11-22(20(15)25)14-18(23)21-12-9-17(10-13-21)19(24)16-7-3-2-4-8-16/h2-8,11,17,19,24H,9-10,12-14H2,1H3. The number of hydrogen-bond donors (Lipinski definition) is 1. The van der Waals surface area contributed by atoms with Crippen molar-refractivity contribution < 1.29 is 9.90 Å². The summed E-state index contributed by atoms with van der Waals surface area (Å²) in [4.78, 5) is 26.3. The Bertz CT molecular complexity index is 777. The second-order valence-electron chi connectivity index (χ2n) is 6.70. The number of aryl methyl sites for hydroxylation is 1. The molecule has 132 valence electrons. The van der Waals surface area contributed by atoms with Gasteiger partial charge in [-0.15, -0.1) is 0 Å². The molecule has 1 amide bonds. The van der Waals surface area contributed by atoms with Crippen LogP contribution in [0.4, 0.5) is 0 Å². The molecule has 0 saturated carbocycles. The van der Waals surface area contributed by atoms with E-state index in [0.29, 0.717) is 18.7 Å². The molecule has 25 heavy (non-hydrogen) atoms. The predicted molar refractivity (Wildman–Crippen MR) is 96.1 cm³/mol. The van der Waals surface area contributed by atoms with Gasteiger partial charge in [-0.3, -0.25) is 9.59 Å². The van der Waals surface area contributed by atoms with Crippen molar-refractivity contribution in [3.05, 3.63) is 70.1 Å². The number of piperidine rings is 1. The maximum atomic E-state index is 12.5. The minimum atomic E-state index is -0.488. The average molecular weight is 340 g/mol. The van der Waals surface area contributed by atoms with Crippen molar-refractivity contribution in [3.63, 3.8) is 0 Å². The number of benzene rings is 1. The van der Waals surface area contributed by atoms with Gasteiger partial charge in [-0.05, 0) is 37.3 Å². The lowest BCUT2D eigenvalue weighted by Gasteiger charge is -2.34. The van der Waals surface area contributed by atoms with Gasteiger partial charge in [0.1, 0.15) is 6.54 Å². The number of nitrogens with zero attached hydrogens (tertiary/aromatic N) is 2. The van der Waals surface area contributed by atoms with Crippen LogP contribution in [0.2, 0.25) is 0 Å². The molecule has 3 rings (SSSR count). The molecule has 1 aromatic carbocycles. The van der Waals surface area contributed by atoms with Crippen LogP contribution in [0.5, 0.6) is 0 Å². The van der Waals surface area contributed by atoms with Crippen molar-refractivity contribution in [3.8, 4) is 0 Å². The first kappa shape index (κ1) is 17.4. The van der Waals surface area contributed by atoms with Crippen molar-refractivity contribution in [1.82, 2.24) is 9.47 Å². The number of carbonyl (C=O) groups excluding carboxylic acids is 1. The molecule has 0 radical (unpaired) electrons. The minimum absolute atomic E-state index is 0.0413. The first-order valence-corrected chi connectivity index (χ1v) is 8.73. The SMILES string of the molecule is Cc1cccn(CC(=O)N2CCC(C(O)c3ccccc3)CC2)c1=O. The van der Waals surface area contributed by atoms with Gasteiger partial charge in [-0.2, -0.15) is 0 Å². The summed E-state index contributed by atoms with van der Waals surface area (Å²) in [7, 11) is 0. The second-order valence-corrected chi connectivity index (χ2v) is 6.70. The first-order chi connectivity index (χ1) is 12.1. The topological polar surface area (TPSA) is 62.5 Å². The number of rotatable bonds is 4. The Balaban J connectivity index is 1.58. The van der Waals surface area contributed by atoms with Gasteiger partial charge in [0.05, 0.1) is 6.10 Å². The quantitative estimate of drug-likeness (QED) is 0.927. The van der Waals surface area contributed by atoms with E-state index in [1.807, 2.05) is 30.3 Å². The third kappa shape index (κ3) is 3.99. The van der Waals surface area contributed by atoms with E-state index in [0.717, 1.165) is 18.4 Å². The van der Waals surface area contributed by atoms with Crippen LogP contribution in [-0.2, 0) is 11.3 Å². The highest BCUT2D eigenvalue weighted by Gasteiger charge is 2.28. The Labute approximate surface area is 147 Å². The van der Waals surface area contributed by atoms with Gasteiger partial charge in [0.25, 0.3) is 5.56 Å². The molecular formula is C20H24N2O3. The van der Waals surface area contributed by atoms with Crippen molar-refractivity contribution in [2.45, 2.75) is 32.4 Å². The van der Waals surface area contributed by atoms with Gasteiger partial charge < -0.3 is 14.6 Å². The molecule has 1 atom stereocenters. The van der Waals surface area contributed by atoms with E-state index in [1.165, 1.54) is 4.57 Å². The maximum Gasteiger partial charge on any atom is 0.253 e. The highest BCUT2D eigenvalue weighted by Crippen LogP contribution is 2.30. The van der Waals surface area contributed by atoms with E-state index in [9.17, 15) is 14.7 Å². The van der Waals surface area contributed by atoms with E-state index < -0.39 is 6.10 Å². The Morgan fingerprint density at radius 1 is 1.16 bits per heavy atom. The average Bonchev–Trinajstić information content (AvgIpc) is 2.65. The Morgan fingerprint density at radius 2 is 1.84 bits per heavy atom. The first-order valence-electron chi connectivity index (χ1n) is 8.73. The van der Waals surface area contributed by atoms with Crippen LogP contribution in [0.3, 0.4) is 0 Å². The largest absolute Gasteiger partial charge is 0.388 e. The summed E-state index contributed by atoms with van der Waals surface area (Å²) in [6, 6.07) is 13.2. The summed E-state index contributed by atoms with van der Waals surface area (Å²) in [5, 5.41) is 10.5. The molecule has 5 heteroatoms. The van der Waals surface area contributed by atoms with Crippen LogP contribution in [0.1, 0.15) is 30.1 Å².